The molecule has 2 aromatic rings. The molecule has 1 saturated heterocycles. The lowest BCUT2D eigenvalue weighted by Crippen LogP contribution is -2.38. The van der Waals surface area contributed by atoms with Crippen LogP contribution in [0.2, 0.25) is 0 Å². The lowest BCUT2D eigenvalue weighted by molar-refractivity contribution is -0.121. The largest absolute Gasteiger partial charge is 0.359 e. The Hall–Kier alpha value is -2.89. The summed E-state index contributed by atoms with van der Waals surface area (Å²) in [5.74, 6) is 1.18. The van der Waals surface area contributed by atoms with Crippen LogP contribution in [0.4, 0.5) is 5.82 Å². The first-order chi connectivity index (χ1) is 14.1. The van der Waals surface area contributed by atoms with Crippen molar-refractivity contribution in [2.24, 2.45) is 5.92 Å². The molecule has 154 valence electrons. The number of rotatable bonds is 7. The van der Waals surface area contributed by atoms with E-state index in [1.807, 2.05) is 11.0 Å². The molecule has 2 amide bonds. The number of hydrogen-bond acceptors (Lipinski definition) is 4. The molecule has 0 radical (unpaired) electrons. The molecule has 6 heteroatoms. The Kier molecular flexibility index (Phi) is 7.22. The molecule has 1 fully saturated rings. The van der Waals surface area contributed by atoms with Gasteiger partial charge in [0, 0.05) is 26.3 Å². The molecule has 1 aromatic carbocycles. The van der Waals surface area contributed by atoms with Gasteiger partial charge in [-0.25, -0.2) is 4.98 Å². The number of carbonyl (C=O) groups excluding carboxylic acids is 2. The molecular weight excluding hydrogens is 364 g/mol. The summed E-state index contributed by atoms with van der Waals surface area (Å²) >= 11 is 0. The topological polar surface area (TPSA) is 74.3 Å². The van der Waals surface area contributed by atoms with E-state index >= 15 is 0 Å². The predicted octanol–water partition coefficient (Wildman–Crippen LogP) is 3.11. The van der Waals surface area contributed by atoms with Crippen LogP contribution in [0.1, 0.15) is 42.1 Å². The molecule has 6 nitrogen and oxygen atoms in total. The van der Waals surface area contributed by atoms with Crippen molar-refractivity contribution in [3.63, 3.8) is 0 Å². The first kappa shape index (κ1) is 20.8. The molecule has 0 aliphatic carbocycles. The minimum absolute atomic E-state index is 0.0323. The van der Waals surface area contributed by atoms with E-state index in [4.69, 9.17) is 0 Å². The summed E-state index contributed by atoms with van der Waals surface area (Å²) in [5.41, 5.74) is 1.97. The molecule has 0 saturated carbocycles. The Morgan fingerprint density at radius 3 is 2.48 bits per heavy atom. The summed E-state index contributed by atoms with van der Waals surface area (Å²) in [5, 5.41) is 5.61. The standard InChI is InChI=1S/C23H30N4O2/c1-17(22(28)24-2)26-21-11-10-20(16-25-21)23(29)27-14-12-19(13-15-27)9-8-18-6-4-3-5-7-18/h3-7,10-11,16-17,19H,8-9,12-15H2,1-2H3,(H,24,28)(H,25,26). The molecule has 1 aliphatic rings. The fourth-order valence-electron chi connectivity index (χ4n) is 3.73. The van der Waals surface area contributed by atoms with Crippen molar-refractivity contribution in [2.75, 3.05) is 25.5 Å². The van der Waals surface area contributed by atoms with Crippen LogP contribution in [0.15, 0.2) is 48.7 Å². The van der Waals surface area contributed by atoms with Crippen molar-refractivity contribution in [3.05, 3.63) is 59.8 Å². The number of likely N-dealkylation sites (N-methyl/N-ethyl adjacent to an activating group) is 1. The highest BCUT2D eigenvalue weighted by atomic mass is 16.2. The molecule has 1 aromatic heterocycles. The summed E-state index contributed by atoms with van der Waals surface area (Å²) in [6.45, 7) is 3.36. The van der Waals surface area contributed by atoms with Crippen LogP contribution in [-0.4, -0.2) is 47.9 Å². The maximum absolute atomic E-state index is 12.8. The Balaban J connectivity index is 1.47. The van der Waals surface area contributed by atoms with Crippen LogP contribution < -0.4 is 10.6 Å². The van der Waals surface area contributed by atoms with E-state index in [1.165, 1.54) is 12.0 Å². The third-order valence-corrected chi connectivity index (χ3v) is 5.60. The van der Waals surface area contributed by atoms with E-state index in [2.05, 4.69) is 39.9 Å². The van der Waals surface area contributed by atoms with Gasteiger partial charge in [0.05, 0.1) is 5.56 Å². The molecule has 3 rings (SSSR count). The first-order valence-corrected chi connectivity index (χ1v) is 10.3. The van der Waals surface area contributed by atoms with Gasteiger partial charge in [-0.3, -0.25) is 9.59 Å². The molecule has 2 N–H and O–H groups in total. The van der Waals surface area contributed by atoms with Crippen LogP contribution in [0.3, 0.4) is 0 Å². The highest BCUT2D eigenvalue weighted by Crippen LogP contribution is 2.23. The molecule has 1 unspecified atom stereocenters. The van der Waals surface area contributed by atoms with Gasteiger partial charge in [-0.05, 0) is 56.2 Å². The third-order valence-electron chi connectivity index (χ3n) is 5.60. The number of likely N-dealkylation sites (tertiary alicyclic amines) is 1. The average molecular weight is 395 g/mol. The van der Waals surface area contributed by atoms with E-state index in [9.17, 15) is 9.59 Å². The first-order valence-electron chi connectivity index (χ1n) is 10.3. The Morgan fingerprint density at radius 1 is 1.14 bits per heavy atom. The number of amides is 2. The molecule has 29 heavy (non-hydrogen) atoms. The maximum Gasteiger partial charge on any atom is 0.255 e. The van der Waals surface area contributed by atoms with Crippen molar-refractivity contribution >= 4 is 17.6 Å². The van der Waals surface area contributed by atoms with E-state index in [1.54, 1.807) is 32.3 Å². The number of piperidine rings is 1. The molecule has 1 atom stereocenters. The number of anilines is 1. The molecule has 0 bridgehead atoms. The fourth-order valence-corrected chi connectivity index (χ4v) is 3.73. The number of aromatic nitrogens is 1. The van der Waals surface area contributed by atoms with Crippen LogP contribution in [-0.2, 0) is 11.2 Å². The minimum Gasteiger partial charge on any atom is -0.359 e. The van der Waals surface area contributed by atoms with Crippen molar-refractivity contribution in [2.45, 2.75) is 38.6 Å². The van der Waals surface area contributed by atoms with Crippen LogP contribution in [0.25, 0.3) is 0 Å². The predicted molar refractivity (Wildman–Crippen MR) is 115 cm³/mol. The second-order valence-electron chi connectivity index (χ2n) is 7.67. The zero-order valence-electron chi connectivity index (χ0n) is 17.2. The van der Waals surface area contributed by atoms with E-state index in [-0.39, 0.29) is 17.9 Å². The number of aryl methyl sites for hydroxylation is 1. The lowest BCUT2D eigenvalue weighted by Gasteiger charge is -2.32. The second-order valence-corrected chi connectivity index (χ2v) is 7.67. The smallest absolute Gasteiger partial charge is 0.255 e. The molecule has 0 spiro atoms. The number of benzene rings is 1. The monoisotopic (exact) mass is 394 g/mol. The highest BCUT2D eigenvalue weighted by Gasteiger charge is 2.23. The maximum atomic E-state index is 12.8. The van der Waals surface area contributed by atoms with Crippen LogP contribution in [0.5, 0.6) is 0 Å². The highest BCUT2D eigenvalue weighted by molar-refractivity contribution is 5.94. The lowest BCUT2D eigenvalue weighted by atomic mass is 9.90. The summed E-state index contributed by atoms with van der Waals surface area (Å²) in [7, 11) is 1.60. The van der Waals surface area contributed by atoms with Gasteiger partial charge in [0.25, 0.3) is 5.91 Å². The number of nitrogens with zero attached hydrogens (tertiary/aromatic N) is 2. The Bertz CT molecular complexity index is 799. The van der Waals surface area contributed by atoms with Gasteiger partial charge in [0.15, 0.2) is 0 Å². The molecular formula is C23H30N4O2. The summed E-state index contributed by atoms with van der Waals surface area (Å²) < 4.78 is 0. The number of nitrogens with one attached hydrogen (secondary N) is 2. The van der Waals surface area contributed by atoms with Gasteiger partial charge in [0.1, 0.15) is 11.9 Å². The third kappa shape index (κ3) is 5.79. The van der Waals surface area contributed by atoms with Crippen molar-refractivity contribution in [1.29, 1.82) is 0 Å². The molecule has 2 heterocycles. The second kappa shape index (κ2) is 10.0. The summed E-state index contributed by atoms with van der Waals surface area (Å²) in [6, 6.07) is 13.7. The van der Waals surface area contributed by atoms with Gasteiger partial charge in [-0.2, -0.15) is 0 Å². The van der Waals surface area contributed by atoms with Crippen molar-refractivity contribution in [1.82, 2.24) is 15.2 Å². The van der Waals surface area contributed by atoms with E-state index in [0.717, 1.165) is 32.4 Å². The zero-order valence-corrected chi connectivity index (χ0v) is 17.2. The average Bonchev–Trinajstić information content (AvgIpc) is 2.78. The summed E-state index contributed by atoms with van der Waals surface area (Å²) in [6.07, 6.45) is 5.97. The SMILES string of the molecule is CNC(=O)C(C)Nc1ccc(C(=O)N2CCC(CCc3ccccc3)CC2)cn1. The minimum atomic E-state index is -0.385. The van der Waals surface area contributed by atoms with Gasteiger partial charge in [-0.1, -0.05) is 30.3 Å². The van der Waals surface area contributed by atoms with Gasteiger partial charge >= 0.3 is 0 Å². The van der Waals surface area contributed by atoms with Crippen LogP contribution in [0, 0.1) is 5.92 Å². The Labute approximate surface area is 172 Å². The van der Waals surface area contributed by atoms with Gasteiger partial charge in [-0.15, -0.1) is 0 Å². The zero-order chi connectivity index (χ0) is 20.6. The number of carbonyl (C=O) groups is 2. The van der Waals surface area contributed by atoms with E-state index in [0.29, 0.717) is 17.3 Å². The fraction of sp³-hybridized carbons (Fsp3) is 0.435. The van der Waals surface area contributed by atoms with Gasteiger partial charge < -0.3 is 15.5 Å². The van der Waals surface area contributed by atoms with E-state index < -0.39 is 0 Å². The number of pyridine rings is 1. The number of hydrogen-bond donors (Lipinski definition) is 2. The van der Waals surface area contributed by atoms with Crippen molar-refractivity contribution < 1.29 is 9.59 Å². The van der Waals surface area contributed by atoms with Crippen LogP contribution >= 0.6 is 0 Å². The van der Waals surface area contributed by atoms with Gasteiger partial charge in [0.2, 0.25) is 5.91 Å². The normalized spacial score (nSPS) is 15.6. The summed E-state index contributed by atoms with van der Waals surface area (Å²) in [4.78, 5) is 30.6. The quantitative estimate of drug-likeness (QED) is 0.757. The Morgan fingerprint density at radius 2 is 1.86 bits per heavy atom. The molecule has 1 aliphatic heterocycles. The van der Waals surface area contributed by atoms with Crippen molar-refractivity contribution in [3.8, 4) is 0 Å².